The van der Waals surface area contributed by atoms with Crippen molar-refractivity contribution >= 4 is 16.7 Å². The van der Waals surface area contributed by atoms with Gasteiger partial charge in [0.1, 0.15) is 0 Å². The van der Waals surface area contributed by atoms with E-state index in [9.17, 15) is 9.59 Å². The molecule has 0 unspecified atom stereocenters. The SMILES string of the molecule is Cc1ccc(-c2nn(CCC(=O)N3CCCC3)c(=O)c3ccccc23)cc1. The standard InChI is InChI=1S/C22H23N3O2/c1-16-8-10-17(11-9-16)21-18-6-2-3-7-19(18)22(27)25(23-21)15-12-20(26)24-13-4-5-14-24/h2-3,6-11H,4-5,12-15H2,1H3. The maximum absolute atomic E-state index is 12.9. The van der Waals surface area contributed by atoms with Gasteiger partial charge < -0.3 is 4.90 Å². The number of nitrogens with zero attached hydrogens (tertiary/aromatic N) is 3. The summed E-state index contributed by atoms with van der Waals surface area (Å²) in [6, 6.07) is 15.7. The summed E-state index contributed by atoms with van der Waals surface area (Å²) in [6.07, 6.45) is 2.44. The molecule has 1 aliphatic rings. The molecule has 0 spiro atoms. The van der Waals surface area contributed by atoms with E-state index in [0.717, 1.165) is 42.6 Å². The number of carbonyl (C=O) groups excluding carboxylic acids is 1. The Labute approximate surface area is 158 Å². The van der Waals surface area contributed by atoms with Gasteiger partial charge in [-0.25, -0.2) is 4.68 Å². The van der Waals surface area contributed by atoms with Gasteiger partial charge in [0, 0.05) is 30.5 Å². The second kappa shape index (κ2) is 7.35. The van der Waals surface area contributed by atoms with Gasteiger partial charge in [-0.15, -0.1) is 0 Å². The quantitative estimate of drug-likeness (QED) is 0.716. The summed E-state index contributed by atoms with van der Waals surface area (Å²) in [5, 5.41) is 6.11. The monoisotopic (exact) mass is 361 g/mol. The van der Waals surface area contributed by atoms with Gasteiger partial charge in [0.25, 0.3) is 5.56 Å². The third kappa shape index (κ3) is 3.50. The molecular formula is C22H23N3O2. The average molecular weight is 361 g/mol. The molecule has 138 valence electrons. The van der Waals surface area contributed by atoms with E-state index in [4.69, 9.17) is 0 Å². The molecule has 4 rings (SSSR count). The smallest absolute Gasteiger partial charge is 0.274 e. The van der Waals surface area contributed by atoms with Crippen molar-refractivity contribution in [3.63, 3.8) is 0 Å². The van der Waals surface area contributed by atoms with E-state index in [-0.39, 0.29) is 11.5 Å². The highest BCUT2D eigenvalue weighted by Crippen LogP contribution is 2.25. The zero-order chi connectivity index (χ0) is 18.8. The summed E-state index contributed by atoms with van der Waals surface area (Å²) < 4.78 is 1.45. The zero-order valence-corrected chi connectivity index (χ0v) is 15.5. The van der Waals surface area contributed by atoms with Crippen LogP contribution < -0.4 is 5.56 Å². The van der Waals surface area contributed by atoms with Crippen LogP contribution in [0.15, 0.2) is 53.3 Å². The molecule has 5 nitrogen and oxygen atoms in total. The van der Waals surface area contributed by atoms with E-state index in [2.05, 4.69) is 5.10 Å². The van der Waals surface area contributed by atoms with Crippen molar-refractivity contribution in [3.8, 4) is 11.3 Å². The maximum Gasteiger partial charge on any atom is 0.274 e. The first-order chi connectivity index (χ1) is 13.1. The highest BCUT2D eigenvalue weighted by molar-refractivity contribution is 5.93. The lowest BCUT2D eigenvalue weighted by molar-refractivity contribution is -0.130. The average Bonchev–Trinajstić information content (AvgIpc) is 3.23. The minimum absolute atomic E-state index is 0.103. The van der Waals surface area contributed by atoms with Crippen LogP contribution in [0.5, 0.6) is 0 Å². The van der Waals surface area contributed by atoms with E-state index in [1.165, 1.54) is 10.2 Å². The maximum atomic E-state index is 12.9. The molecule has 1 aliphatic heterocycles. The lowest BCUT2D eigenvalue weighted by Crippen LogP contribution is -2.31. The number of amides is 1. The Balaban J connectivity index is 1.72. The van der Waals surface area contributed by atoms with Crippen LogP contribution in [0.4, 0.5) is 0 Å². The summed E-state index contributed by atoms with van der Waals surface area (Å²) in [6.45, 7) is 4.00. The van der Waals surface area contributed by atoms with Crippen molar-refractivity contribution in [3.05, 3.63) is 64.4 Å². The Hall–Kier alpha value is -2.95. The number of hydrogen-bond acceptors (Lipinski definition) is 3. The minimum atomic E-state index is -0.143. The van der Waals surface area contributed by atoms with Crippen molar-refractivity contribution in [2.45, 2.75) is 32.7 Å². The molecule has 5 heteroatoms. The van der Waals surface area contributed by atoms with Gasteiger partial charge >= 0.3 is 0 Å². The largest absolute Gasteiger partial charge is 0.343 e. The molecule has 0 atom stereocenters. The molecule has 0 saturated carbocycles. The summed E-state index contributed by atoms with van der Waals surface area (Å²) in [5.41, 5.74) is 2.78. The van der Waals surface area contributed by atoms with Gasteiger partial charge in [-0.2, -0.15) is 5.10 Å². The number of rotatable bonds is 4. The topological polar surface area (TPSA) is 55.2 Å². The molecule has 2 aromatic carbocycles. The Morgan fingerprint density at radius 2 is 1.67 bits per heavy atom. The molecule has 0 bridgehead atoms. The van der Waals surface area contributed by atoms with Crippen LogP contribution in [-0.4, -0.2) is 33.7 Å². The molecule has 1 aromatic heterocycles. The van der Waals surface area contributed by atoms with Crippen LogP contribution >= 0.6 is 0 Å². The van der Waals surface area contributed by atoms with E-state index in [1.807, 2.05) is 60.4 Å². The molecule has 3 aromatic rings. The fourth-order valence-corrected chi connectivity index (χ4v) is 3.64. The van der Waals surface area contributed by atoms with Crippen molar-refractivity contribution in [1.29, 1.82) is 0 Å². The van der Waals surface area contributed by atoms with Crippen LogP contribution in [0.25, 0.3) is 22.0 Å². The fraction of sp³-hybridized carbons (Fsp3) is 0.318. The van der Waals surface area contributed by atoms with Crippen molar-refractivity contribution in [2.75, 3.05) is 13.1 Å². The van der Waals surface area contributed by atoms with Gasteiger partial charge in [-0.05, 0) is 25.8 Å². The first-order valence-corrected chi connectivity index (χ1v) is 9.48. The predicted octanol–water partition coefficient (Wildman–Crippen LogP) is 3.38. The van der Waals surface area contributed by atoms with Gasteiger partial charge in [-0.1, -0.05) is 48.0 Å². The molecule has 0 aliphatic carbocycles. The number of carbonyl (C=O) groups is 1. The Morgan fingerprint density at radius 3 is 2.37 bits per heavy atom. The number of fused-ring (bicyclic) bond motifs is 1. The number of aromatic nitrogens is 2. The third-order valence-electron chi connectivity index (χ3n) is 5.19. The summed E-state index contributed by atoms with van der Waals surface area (Å²) in [5.74, 6) is 0.103. The van der Waals surface area contributed by atoms with Gasteiger partial charge in [0.2, 0.25) is 5.91 Å². The number of aryl methyl sites for hydroxylation is 2. The molecule has 1 fully saturated rings. The zero-order valence-electron chi connectivity index (χ0n) is 15.5. The molecular weight excluding hydrogens is 338 g/mol. The number of benzene rings is 2. The lowest BCUT2D eigenvalue weighted by Gasteiger charge is -2.16. The Bertz CT molecular complexity index is 1030. The first-order valence-electron chi connectivity index (χ1n) is 9.48. The van der Waals surface area contributed by atoms with Crippen molar-refractivity contribution in [1.82, 2.24) is 14.7 Å². The van der Waals surface area contributed by atoms with Crippen LogP contribution in [0, 0.1) is 6.92 Å². The fourth-order valence-electron chi connectivity index (χ4n) is 3.64. The second-order valence-electron chi connectivity index (χ2n) is 7.13. The molecule has 2 heterocycles. The Kier molecular flexibility index (Phi) is 4.75. The summed E-state index contributed by atoms with van der Waals surface area (Å²) >= 11 is 0. The summed E-state index contributed by atoms with van der Waals surface area (Å²) in [4.78, 5) is 27.1. The van der Waals surface area contributed by atoms with E-state index >= 15 is 0 Å². The summed E-state index contributed by atoms with van der Waals surface area (Å²) in [7, 11) is 0. The number of likely N-dealkylation sites (tertiary alicyclic amines) is 1. The van der Waals surface area contributed by atoms with Crippen molar-refractivity contribution in [2.24, 2.45) is 0 Å². The van der Waals surface area contributed by atoms with E-state index < -0.39 is 0 Å². The van der Waals surface area contributed by atoms with Crippen molar-refractivity contribution < 1.29 is 4.79 Å². The van der Waals surface area contributed by atoms with E-state index in [1.54, 1.807) is 0 Å². The molecule has 0 radical (unpaired) electrons. The third-order valence-corrected chi connectivity index (χ3v) is 5.19. The Morgan fingerprint density at radius 1 is 1.00 bits per heavy atom. The molecule has 0 N–H and O–H groups in total. The number of hydrogen-bond donors (Lipinski definition) is 0. The van der Waals surface area contributed by atoms with Gasteiger partial charge in [0.05, 0.1) is 17.6 Å². The van der Waals surface area contributed by atoms with Crippen LogP contribution in [-0.2, 0) is 11.3 Å². The minimum Gasteiger partial charge on any atom is -0.343 e. The molecule has 1 saturated heterocycles. The highest BCUT2D eigenvalue weighted by Gasteiger charge is 2.18. The lowest BCUT2D eigenvalue weighted by atomic mass is 10.0. The van der Waals surface area contributed by atoms with Crippen LogP contribution in [0.3, 0.4) is 0 Å². The first kappa shape index (κ1) is 17.5. The highest BCUT2D eigenvalue weighted by atomic mass is 16.2. The second-order valence-corrected chi connectivity index (χ2v) is 7.13. The van der Waals surface area contributed by atoms with E-state index in [0.29, 0.717) is 18.4 Å². The molecule has 27 heavy (non-hydrogen) atoms. The van der Waals surface area contributed by atoms with Gasteiger partial charge in [-0.3, -0.25) is 9.59 Å². The normalized spacial score (nSPS) is 14.0. The van der Waals surface area contributed by atoms with Gasteiger partial charge in [0.15, 0.2) is 0 Å². The molecule has 1 amide bonds. The predicted molar refractivity (Wildman–Crippen MR) is 107 cm³/mol. The van der Waals surface area contributed by atoms with Crippen LogP contribution in [0.1, 0.15) is 24.8 Å². The van der Waals surface area contributed by atoms with Crippen LogP contribution in [0.2, 0.25) is 0 Å².